The Hall–Kier alpha value is -4.06. The van der Waals surface area contributed by atoms with Gasteiger partial charge in [-0.2, -0.15) is 0 Å². The molecule has 0 fully saturated rings. The lowest BCUT2D eigenvalue weighted by Crippen LogP contribution is -2.26. The number of amides is 3. The van der Waals surface area contributed by atoms with Crippen molar-refractivity contribution < 1.29 is 23.9 Å². The van der Waals surface area contributed by atoms with Crippen molar-refractivity contribution in [2.45, 2.75) is 18.5 Å². The number of nitrogens with one attached hydrogen (secondary N) is 3. The van der Waals surface area contributed by atoms with Crippen LogP contribution in [-0.4, -0.2) is 59.0 Å². The predicted molar refractivity (Wildman–Crippen MR) is 137 cm³/mol. The average molecular weight is 513 g/mol. The Bertz CT molecular complexity index is 1250. The highest BCUT2D eigenvalue weighted by Crippen LogP contribution is 2.28. The summed E-state index contributed by atoms with van der Waals surface area (Å²) in [6.07, 6.45) is 0.470. The number of methoxy groups -OCH3 is 2. The zero-order chi connectivity index (χ0) is 26.1. The summed E-state index contributed by atoms with van der Waals surface area (Å²) in [5, 5.41) is 17.2. The standard InChI is InChI=1S/C24H28N6O5S/c1-15(31)26-18-10-9-16(13-20(18)35-4)27-22(32)14-36-24-29-28-21(30(24)2)11-12-25-23(33)17-7-5-6-8-19(17)34-3/h5-10,13H,11-12,14H2,1-4H3,(H,25,33)(H,26,31)(H,27,32). The van der Waals surface area contributed by atoms with E-state index in [4.69, 9.17) is 9.47 Å². The molecule has 0 aliphatic carbocycles. The number of ether oxygens (including phenoxy) is 2. The van der Waals surface area contributed by atoms with E-state index in [1.807, 2.05) is 7.05 Å². The molecule has 3 amide bonds. The molecule has 1 heterocycles. The molecule has 0 radical (unpaired) electrons. The van der Waals surface area contributed by atoms with Crippen molar-refractivity contribution in [2.24, 2.45) is 7.05 Å². The normalized spacial score (nSPS) is 10.4. The number of hydrogen-bond acceptors (Lipinski definition) is 8. The third-order valence-electron chi connectivity index (χ3n) is 5.04. The van der Waals surface area contributed by atoms with Crippen LogP contribution in [0.1, 0.15) is 23.1 Å². The van der Waals surface area contributed by atoms with E-state index in [-0.39, 0.29) is 23.5 Å². The van der Waals surface area contributed by atoms with Gasteiger partial charge in [-0.3, -0.25) is 14.4 Å². The van der Waals surface area contributed by atoms with Crippen LogP contribution in [0.2, 0.25) is 0 Å². The molecule has 0 saturated heterocycles. The second-order valence-corrected chi connectivity index (χ2v) is 8.54. The van der Waals surface area contributed by atoms with Crippen molar-refractivity contribution in [3.8, 4) is 11.5 Å². The van der Waals surface area contributed by atoms with Crippen molar-refractivity contribution in [2.75, 3.05) is 37.2 Å². The van der Waals surface area contributed by atoms with Crippen LogP contribution >= 0.6 is 11.8 Å². The summed E-state index contributed by atoms with van der Waals surface area (Å²) in [7, 11) is 4.81. The largest absolute Gasteiger partial charge is 0.496 e. The average Bonchev–Trinajstić information content (AvgIpc) is 3.22. The number of hydrogen-bond donors (Lipinski definition) is 3. The van der Waals surface area contributed by atoms with Crippen LogP contribution < -0.4 is 25.4 Å². The number of benzene rings is 2. The van der Waals surface area contributed by atoms with Gasteiger partial charge in [0.1, 0.15) is 17.3 Å². The Morgan fingerprint density at radius 1 is 1.00 bits per heavy atom. The van der Waals surface area contributed by atoms with Crippen LogP contribution in [0.3, 0.4) is 0 Å². The van der Waals surface area contributed by atoms with E-state index in [0.717, 1.165) is 0 Å². The van der Waals surface area contributed by atoms with Crippen LogP contribution in [0.25, 0.3) is 0 Å². The molecule has 3 N–H and O–H groups in total. The number of rotatable bonds is 11. The first-order chi connectivity index (χ1) is 17.3. The van der Waals surface area contributed by atoms with Gasteiger partial charge in [0, 0.05) is 38.7 Å². The fourth-order valence-electron chi connectivity index (χ4n) is 3.29. The molecule has 0 aliphatic rings. The Kier molecular flexibility index (Phi) is 9.28. The van der Waals surface area contributed by atoms with E-state index in [0.29, 0.717) is 52.4 Å². The monoisotopic (exact) mass is 512 g/mol. The molecular formula is C24H28N6O5S. The third kappa shape index (κ3) is 6.98. The zero-order valence-corrected chi connectivity index (χ0v) is 21.3. The van der Waals surface area contributed by atoms with Gasteiger partial charge in [-0.15, -0.1) is 10.2 Å². The predicted octanol–water partition coefficient (Wildman–Crippen LogP) is 2.49. The lowest BCUT2D eigenvalue weighted by molar-refractivity contribution is -0.114. The van der Waals surface area contributed by atoms with Gasteiger partial charge >= 0.3 is 0 Å². The fraction of sp³-hybridized carbons (Fsp3) is 0.292. The number of aromatic nitrogens is 3. The smallest absolute Gasteiger partial charge is 0.255 e. The molecule has 36 heavy (non-hydrogen) atoms. The summed E-state index contributed by atoms with van der Waals surface area (Å²) in [6.45, 7) is 1.77. The first kappa shape index (κ1) is 26.5. The summed E-state index contributed by atoms with van der Waals surface area (Å²) in [4.78, 5) is 36.2. The van der Waals surface area contributed by atoms with E-state index in [2.05, 4.69) is 26.1 Å². The summed E-state index contributed by atoms with van der Waals surface area (Å²) < 4.78 is 12.3. The summed E-state index contributed by atoms with van der Waals surface area (Å²) >= 11 is 1.24. The van der Waals surface area contributed by atoms with Gasteiger partial charge in [-0.1, -0.05) is 23.9 Å². The second-order valence-electron chi connectivity index (χ2n) is 7.60. The maximum absolute atomic E-state index is 12.4. The van der Waals surface area contributed by atoms with Crippen molar-refractivity contribution >= 4 is 40.9 Å². The van der Waals surface area contributed by atoms with Gasteiger partial charge < -0.3 is 30.0 Å². The van der Waals surface area contributed by atoms with Crippen molar-refractivity contribution in [1.29, 1.82) is 0 Å². The molecule has 12 heteroatoms. The van der Waals surface area contributed by atoms with E-state index in [1.54, 1.807) is 47.0 Å². The maximum atomic E-state index is 12.4. The molecule has 0 aliphatic heterocycles. The van der Waals surface area contributed by atoms with Crippen molar-refractivity contribution in [3.63, 3.8) is 0 Å². The zero-order valence-electron chi connectivity index (χ0n) is 20.5. The Morgan fingerprint density at radius 3 is 2.47 bits per heavy atom. The highest BCUT2D eigenvalue weighted by atomic mass is 32.2. The molecule has 11 nitrogen and oxygen atoms in total. The minimum absolute atomic E-state index is 0.117. The molecule has 3 aromatic rings. The fourth-order valence-corrected chi connectivity index (χ4v) is 4.02. The molecule has 2 aromatic carbocycles. The van der Waals surface area contributed by atoms with Crippen LogP contribution in [0.5, 0.6) is 11.5 Å². The van der Waals surface area contributed by atoms with Crippen molar-refractivity contribution in [1.82, 2.24) is 20.1 Å². The van der Waals surface area contributed by atoms with Gasteiger partial charge in [0.15, 0.2) is 5.16 Å². The Balaban J connectivity index is 1.50. The Labute approximate surface area is 213 Å². The first-order valence-corrected chi connectivity index (χ1v) is 12.0. The number of carbonyl (C=O) groups excluding carboxylic acids is 3. The topological polar surface area (TPSA) is 136 Å². The van der Waals surface area contributed by atoms with E-state index in [9.17, 15) is 14.4 Å². The SMILES string of the molecule is COc1cc(NC(=O)CSc2nnc(CCNC(=O)c3ccccc3OC)n2C)ccc1NC(C)=O. The molecule has 0 bridgehead atoms. The molecule has 0 spiro atoms. The molecular weight excluding hydrogens is 484 g/mol. The summed E-state index contributed by atoms with van der Waals surface area (Å²) in [6, 6.07) is 12.0. The van der Waals surface area contributed by atoms with Gasteiger partial charge in [0.2, 0.25) is 11.8 Å². The summed E-state index contributed by atoms with van der Waals surface area (Å²) in [5.74, 6) is 1.05. The second kappa shape index (κ2) is 12.6. The van der Waals surface area contributed by atoms with E-state index >= 15 is 0 Å². The van der Waals surface area contributed by atoms with Gasteiger partial charge in [-0.25, -0.2) is 0 Å². The molecule has 0 unspecified atom stereocenters. The summed E-state index contributed by atoms with van der Waals surface area (Å²) in [5.41, 5.74) is 1.52. The quantitative estimate of drug-likeness (QED) is 0.334. The van der Waals surface area contributed by atoms with Crippen LogP contribution in [0, 0.1) is 0 Å². The van der Waals surface area contributed by atoms with Crippen LogP contribution in [0.4, 0.5) is 11.4 Å². The van der Waals surface area contributed by atoms with Crippen molar-refractivity contribution in [3.05, 3.63) is 53.9 Å². The number of anilines is 2. The van der Waals surface area contributed by atoms with Crippen LogP contribution in [-0.2, 0) is 23.1 Å². The number of nitrogens with zero attached hydrogens (tertiary/aromatic N) is 3. The highest BCUT2D eigenvalue weighted by Gasteiger charge is 2.14. The first-order valence-electron chi connectivity index (χ1n) is 11.0. The molecule has 3 rings (SSSR count). The molecule has 0 atom stereocenters. The Morgan fingerprint density at radius 2 is 1.75 bits per heavy atom. The van der Waals surface area contributed by atoms with Gasteiger partial charge in [0.25, 0.3) is 5.91 Å². The molecule has 190 valence electrons. The number of thioether (sulfide) groups is 1. The lowest BCUT2D eigenvalue weighted by Gasteiger charge is -2.11. The van der Waals surface area contributed by atoms with Gasteiger partial charge in [-0.05, 0) is 24.3 Å². The minimum atomic E-state index is -0.234. The number of carbonyl (C=O) groups is 3. The number of para-hydroxylation sites is 1. The lowest BCUT2D eigenvalue weighted by atomic mass is 10.2. The minimum Gasteiger partial charge on any atom is -0.496 e. The maximum Gasteiger partial charge on any atom is 0.255 e. The van der Waals surface area contributed by atoms with E-state index < -0.39 is 0 Å². The molecule has 0 saturated carbocycles. The highest BCUT2D eigenvalue weighted by molar-refractivity contribution is 7.99. The van der Waals surface area contributed by atoms with E-state index in [1.165, 1.54) is 32.9 Å². The third-order valence-corrected chi connectivity index (χ3v) is 6.06. The van der Waals surface area contributed by atoms with Gasteiger partial charge in [0.05, 0.1) is 31.2 Å². The molecule has 1 aromatic heterocycles. The van der Waals surface area contributed by atoms with Crippen LogP contribution in [0.15, 0.2) is 47.6 Å².